The number of aromatic nitrogens is 3. The summed E-state index contributed by atoms with van der Waals surface area (Å²) in [4.78, 5) is 32.3. The van der Waals surface area contributed by atoms with Crippen molar-refractivity contribution in [1.29, 1.82) is 0 Å². The van der Waals surface area contributed by atoms with E-state index in [1.54, 1.807) is 33.8 Å². The Balaban J connectivity index is 1.86. The van der Waals surface area contributed by atoms with Crippen molar-refractivity contribution >= 4 is 11.8 Å². The van der Waals surface area contributed by atoms with Crippen molar-refractivity contribution in [2.75, 3.05) is 26.2 Å². The minimum absolute atomic E-state index is 0.0333. The number of rotatable bonds is 3. The summed E-state index contributed by atoms with van der Waals surface area (Å²) in [6.07, 6.45) is 3.34. The molecule has 0 aliphatic carbocycles. The number of carbonyl (C=O) groups excluding carboxylic acids is 2. The highest BCUT2D eigenvalue weighted by Gasteiger charge is 2.28. The zero-order valence-corrected chi connectivity index (χ0v) is 14.8. The molecule has 0 saturated carbocycles. The molecule has 1 saturated heterocycles. The number of amides is 2. The molecular formula is C18H23N5O2. The average Bonchev–Trinajstić information content (AvgIpc) is 3.07. The Hall–Kier alpha value is -2.70. The van der Waals surface area contributed by atoms with E-state index in [-0.39, 0.29) is 17.7 Å². The quantitative estimate of drug-likeness (QED) is 0.852. The summed E-state index contributed by atoms with van der Waals surface area (Å²) in [6, 6.07) is 5.62. The molecule has 1 aliphatic heterocycles. The number of carbonyl (C=O) groups is 2. The first-order valence-electron chi connectivity index (χ1n) is 8.53. The molecule has 3 heterocycles. The lowest BCUT2D eigenvalue weighted by molar-refractivity contribution is -0.130. The minimum Gasteiger partial charge on any atom is -0.339 e. The van der Waals surface area contributed by atoms with E-state index in [1.807, 2.05) is 32.0 Å². The molecule has 0 bridgehead atoms. The van der Waals surface area contributed by atoms with Crippen molar-refractivity contribution < 1.29 is 9.59 Å². The smallest absolute Gasteiger partial charge is 0.257 e. The molecule has 132 valence electrons. The van der Waals surface area contributed by atoms with Gasteiger partial charge < -0.3 is 9.80 Å². The lowest BCUT2D eigenvalue weighted by atomic mass is 10.0. The fourth-order valence-corrected chi connectivity index (χ4v) is 3.13. The van der Waals surface area contributed by atoms with Crippen LogP contribution in [0.5, 0.6) is 0 Å². The molecule has 2 amide bonds. The van der Waals surface area contributed by atoms with Crippen LogP contribution in [0, 0.1) is 0 Å². The monoisotopic (exact) mass is 341 g/mol. The van der Waals surface area contributed by atoms with E-state index in [0.29, 0.717) is 37.6 Å². The fraction of sp³-hybridized carbons (Fsp3) is 0.444. The molecule has 2 aromatic rings. The molecule has 7 heteroatoms. The third-order valence-corrected chi connectivity index (χ3v) is 4.46. The van der Waals surface area contributed by atoms with Gasteiger partial charge in [0.15, 0.2) is 5.82 Å². The van der Waals surface area contributed by atoms with Gasteiger partial charge in [-0.25, -0.2) is 9.67 Å². The van der Waals surface area contributed by atoms with Crippen molar-refractivity contribution in [2.45, 2.75) is 26.7 Å². The van der Waals surface area contributed by atoms with Crippen LogP contribution < -0.4 is 0 Å². The molecule has 3 rings (SSSR count). The van der Waals surface area contributed by atoms with E-state index in [2.05, 4.69) is 10.1 Å². The van der Waals surface area contributed by atoms with E-state index in [0.717, 1.165) is 5.69 Å². The van der Waals surface area contributed by atoms with Crippen LogP contribution in [0.1, 0.15) is 42.7 Å². The third-order valence-electron chi connectivity index (χ3n) is 4.46. The normalized spacial score (nSPS) is 14.9. The van der Waals surface area contributed by atoms with Gasteiger partial charge in [0, 0.05) is 39.3 Å². The van der Waals surface area contributed by atoms with Gasteiger partial charge in [-0.15, -0.1) is 0 Å². The van der Waals surface area contributed by atoms with E-state index in [9.17, 15) is 9.59 Å². The predicted molar refractivity (Wildman–Crippen MR) is 93.6 cm³/mol. The minimum atomic E-state index is -0.0333. The summed E-state index contributed by atoms with van der Waals surface area (Å²) in [6.45, 7) is 7.89. The first-order valence-corrected chi connectivity index (χ1v) is 8.53. The van der Waals surface area contributed by atoms with Gasteiger partial charge >= 0.3 is 0 Å². The van der Waals surface area contributed by atoms with E-state index in [4.69, 9.17) is 0 Å². The maximum Gasteiger partial charge on any atom is 0.257 e. The van der Waals surface area contributed by atoms with E-state index < -0.39 is 0 Å². The van der Waals surface area contributed by atoms with Crippen molar-refractivity contribution in [1.82, 2.24) is 24.6 Å². The Kier molecular flexibility index (Phi) is 4.83. The first kappa shape index (κ1) is 17.1. The molecule has 0 atom stereocenters. The van der Waals surface area contributed by atoms with Gasteiger partial charge in [-0.05, 0) is 18.1 Å². The summed E-state index contributed by atoms with van der Waals surface area (Å²) >= 11 is 0. The van der Waals surface area contributed by atoms with Gasteiger partial charge in [-0.1, -0.05) is 19.9 Å². The molecule has 1 aliphatic rings. The molecule has 0 N–H and O–H groups in total. The van der Waals surface area contributed by atoms with E-state index in [1.165, 1.54) is 0 Å². The number of nitrogens with zero attached hydrogens (tertiary/aromatic N) is 5. The second kappa shape index (κ2) is 7.04. The maximum atomic E-state index is 13.0. The lowest BCUT2D eigenvalue weighted by Gasteiger charge is -2.34. The van der Waals surface area contributed by atoms with Crippen molar-refractivity contribution in [3.63, 3.8) is 0 Å². The largest absolute Gasteiger partial charge is 0.339 e. The Bertz CT molecular complexity index is 761. The zero-order valence-electron chi connectivity index (χ0n) is 14.8. The van der Waals surface area contributed by atoms with Gasteiger partial charge in [-0.2, -0.15) is 5.10 Å². The highest BCUT2D eigenvalue weighted by atomic mass is 16.2. The topological polar surface area (TPSA) is 71.3 Å². The number of hydrogen-bond acceptors (Lipinski definition) is 4. The number of piperazine rings is 1. The molecule has 1 fully saturated rings. The van der Waals surface area contributed by atoms with Gasteiger partial charge in [-0.3, -0.25) is 9.59 Å². The van der Waals surface area contributed by atoms with Gasteiger partial charge in [0.2, 0.25) is 5.91 Å². The van der Waals surface area contributed by atoms with Crippen LogP contribution in [0.15, 0.2) is 30.6 Å². The third kappa shape index (κ3) is 3.40. The first-order chi connectivity index (χ1) is 12.0. The molecule has 0 aromatic carbocycles. The Morgan fingerprint density at radius 2 is 1.76 bits per heavy atom. The van der Waals surface area contributed by atoms with E-state index >= 15 is 0 Å². The van der Waals surface area contributed by atoms with Gasteiger partial charge in [0.1, 0.15) is 0 Å². The Morgan fingerprint density at radius 1 is 1.08 bits per heavy atom. The molecule has 7 nitrogen and oxygen atoms in total. The summed E-state index contributed by atoms with van der Waals surface area (Å²) in [7, 11) is 0. The average molecular weight is 341 g/mol. The maximum absolute atomic E-state index is 13.0. The Morgan fingerprint density at radius 3 is 2.32 bits per heavy atom. The molecule has 0 unspecified atom stereocenters. The van der Waals surface area contributed by atoms with Gasteiger partial charge in [0.25, 0.3) is 5.91 Å². The summed E-state index contributed by atoms with van der Waals surface area (Å²) in [5.74, 6) is 0.848. The summed E-state index contributed by atoms with van der Waals surface area (Å²) < 4.78 is 1.74. The second-order valence-electron chi connectivity index (χ2n) is 6.50. The Labute approximate surface area is 147 Å². The molecular weight excluding hydrogens is 318 g/mol. The predicted octanol–water partition coefficient (Wildman–Crippen LogP) is 1.69. The number of pyridine rings is 1. The van der Waals surface area contributed by atoms with Crippen LogP contribution in [-0.4, -0.2) is 62.6 Å². The van der Waals surface area contributed by atoms with Crippen LogP contribution in [0.25, 0.3) is 5.82 Å². The summed E-state index contributed by atoms with van der Waals surface area (Å²) in [5.41, 5.74) is 1.47. The van der Waals surface area contributed by atoms with Crippen LogP contribution in [0.4, 0.5) is 0 Å². The zero-order chi connectivity index (χ0) is 18.0. The van der Waals surface area contributed by atoms with Gasteiger partial charge in [0.05, 0.1) is 17.5 Å². The van der Waals surface area contributed by atoms with Crippen LogP contribution in [-0.2, 0) is 4.79 Å². The highest BCUT2D eigenvalue weighted by Crippen LogP contribution is 2.24. The molecule has 0 radical (unpaired) electrons. The second-order valence-corrected chi connectivity index (χ2v) is 6.50. The number of hydrogen-bond donors (Lipinski definition) is 0. The summed E-state index contributed by atoms with van der Waals surface area (Å²) in [5, 5.41) is 4.41. The van der Waals surface area contributed by atoms with Crippen molar-refractivity contribution in [2.24, 2.45) is 0 Å². The molecule has 25 heavy (non-hydrogen) atoms. The van der Waals surface area contributed by atoms with Crippen LogP contribution in [0.2, 0.25) is 0 Å². The highest BCUT2D eigenvalue weighted by molar-refractivity contribution is 5.95. The molecule has 2 aromatic heterocycles. The van der Waals surface area contributed by atoms with Crippen LogP contribution >= 0.6 is 0 Å². The van der Waals surface area contributed by atoms with Crippen molar-refractivity contribution in [3.8, 4) is 5.82 Å². The lowest BCUT2D eigenvalue weighted by Crippen LogP contribution is -2.50. The van der Waals surface area contributed by atoms with Crippen molar-refractivity contribution in [3.05, 3.63) is 41.9 Å². The van der Waals surface area contributed by atoms with Crippen LogP contribution in [0.3, 0.4) is 0 Å². The SMILES string of the molecule is CC(=O)N1CCN(C(=O)c2cnn(-c3ccccn3)c2C(C)C)CC1. The standard InChI is InChI=1S/C18H23N5O2/c1-13(2)17-15(12-20-23(17)16-6-4-5-7-19-16)18(25)22-10-8-21(9-11-22)14(3)24/h4-7,12-13H,8-11H2,1-3H3. The fourth-order valence-electron chi connectivity index (χ4n) is 3.13. The molecule has 0 spiro atoms.